The summed E-state index contributed by atoms with van der Waals surface area (Å²) in [5.74, 6) is 1.52. The number of hydrogen-bond donors (Lipinski definition) is 3. The minimum atomic E-state index is -0.603. The van der Waals surface area contributed by atoms with Crippen LogP contribution >= 0.6 is 0 Å². The summed E-state index contributed by atoms with van der Waals surface area (Å²) in [5.41, 5.74) is 4.21. The van der Waals surface area contributed by atoms with E-state index in [4.69, 9.17) is 14.5 Å². The van der Waals surface area contributed by atoms with Crippen molar-refractivity contribution < 1.29 is 14.6 Å². The number of guanidine groups is 1. The lowest BCUT2D eigenvalue weighted by molar-refractivity contribution is 0.0676. The molecule has 0 aromatic heterocycles. The highest BCUT2D eigenvalue weighted by molar-refractivity contribution is 5.79. The van der Waals surface area contributed by atoms with Crippen molar-refractivity contribution in [1.82, 2.24) is 10.6 Å². The predicted octanol–water partition coefficient (Wildman–Crippen LogP) is 3.65. The molecule has 0 saturated carbocycles. The normalized spacial score (nSPS) is 17.4. The summed E-state index contributed by atoms with van der Waals surface area (Å²) in [7, 11) is 0. The van der Waals surface area contributed by atoms with Crippen LogP contribution in [0.15, 0.2) is 47.5 Å². The smallest absolute Gasteiger partial charge is 0.191 e. The van der Waals surface area contributed by atoms with Crippen LogP contribution in [0.4, 0.5) is 0 Å². The quantitative estimate of drug-likeness (QED) is 0.422. The third-order valence-corrected chi connectivity index (χ3v) is 5.31. The van der Waals surface area contributed by atoms with Gasteiger partial charge in [-0.1, -0.05) is 42.0 Å². The Morgan fingerprint density at radius 2 is 2.03 bits per heavy atom. The second-order valence-corrected chi connectivity index (χ2v) is 8.06. The van der Waals surface area contributed by atoms with Crippen LogP contribution in [0.25, 0.3) is 0 Å². The van der Waals surface area contributed by atoms with Gasteiger partial charge in [0.05, 0.1) is 18.8 Å². The summed E-state index contributed by atoms with van der Waals surface area (Å²) in [6.07, 6.45) is 1.73. The fourth-order valence-electron chi connectivity index (χ4n) is 3.58. The largest absolute Gasteiger partial charge is 0.491 e. The zero-order chi connectivity index (χ0) is 22.1. The van der Waals surface area contributed by atoms with Crippen molar-refractivity contribution in [2.75, 3.05) is 26.3 Å². The predicted molar refractivity (Wildman–Crippen MR) is 125 cm³/mol. The van der Waals surface area contributed by atoms with E-state index < -0.39 is 6.10 Å². The highest BCUT2D eigenvalue weighted by atomic mass is 16.5. The molecule has 1 aliphatic rings. The zero-order valence-electron chi connectivity index (χ0n) is 18.9. The number of ether oxygens (including phenoxy) is 2. The van der Waals surface area contributed by atoms with Crippen LogP contribution in [-0.4, -0.2) is 43.5 Å². The van der Waals surface area contributed by atoms with E-state index in [0.29, 0.717) is 25.7 Å². The lowest BCUT2D eigenvalue weighted by atomic mass is 10.1. The first-order valence-electron chi connectivity index (χ1n) is 11.2. The molecule has 3 rings (SSSR count). The molecule has 168 valence electrons. The molecule has 6 heteroatoms. The molecule has 1 heterocycles. The van der Waals surface area contributed by atoms with Gasteiger partial charge in [0, 0.05) is 25.3 Å². The number of benzene rings is 2. The summed E-state index contributed by atoms with van der Waals surface area (Å²) < 4.78 is 11.8. The van der Waals surface area contributed by atoms with E-state index in [0.717, 1.165) is 54.0 Å². The number of nitrogens with one attached hydrogen (secondary N) is 2. The minimum Gasteiger partial charge on any atom is -0.491 e. The Labute approximate surface area is 185 Å². The molecular formula is C25H35N3O3. The molecule has 0 amide bonds. The van der Waals surface area contributed by atoms with Gasteiger partial charge in [-0.25, -0.2) is 4.99 Å². The van der Waals surface area contributed by atoms with Gasteiger partial charge in [0.1, 0.15) is 12.4 Å². The van der Waals surface area contributed by atoms with E-state index in [1.165, 1.54) is 0 Å². The summed E-state index contributed by atoms with van der Waals surface area (Å²) in [6, 6.07) is 14.1. The van der Waals surface area contributed by atoms with E-state index in [-0.39, 0.29) is 6.10 Å². The van der Waals surface area contributed by atoms with Gasteiger partial charge in [-0.2, -0.15) is 0 Å². The van der Waals surface area contributed by atoms with E-state index in [9.17, 15) is 5.11 Å². The molecule has 0 aliphatic carbocycles. The molecule has 1 aliphatic heterocycles. The second-order valence-electron chi connectivity index (χ2n) is 8.06. The summed E-state index contributed by atoms with van der Waals surface area (Å²) in [5, 5.41) is 17.0. The van der Waals surface area contributed by atoms with Crippen LogP contribution in [0.1, 0.15) is 48.1 Å². The van der Waals surface area contributed by atoms with Gasteiger partial charge in [-0.15, -0.1) is 0 Å². The molecule has 0 spiro atoms. The fraction of sp³-hybridized carbons (Fsp3) is 0.480. The van der Waals surface area contributed by atoms with E-state index in [1.807, 2.05) is 38.1 Å². The SMILES string of the molecule is CCNC(=NCc1ccc(C)cc1OCC1CCCO1)NCC(O)c1cccc(C)c1. The van der Waals surface area contributed by atoms with Gasteiger partial charge in [0.25, 0.3) is 0 Å². The first kappa shape index (κ1) is 23.1. The highest BCUT2D eigenvalue weighted by Crippen LogP contribution is 2.23. The topological polar surface area (TPSA) is 75.1 Å². The first-order valence-corrected chi connectivity index (χ1v) is 11.2. The average Bonchev–Trinajstić information content (AvgIpc) is 3.28. The van der Waals surface area contributed by atoms with Crippen molar-refractivity contribution in [3.05, 3.63) is 64.7 Å². The monoisotopic (exact) mass is 425 g/mol. The van der Waals surface area contributed by atoms with Gasteiger partial charge in [-0.3, -0.25) is 0 Å². The molecule has 1 saturated heterocycles. The first-order chi connectivity index (χ1) is 15.0. The van der Waals surface area contributed by atoms with Gasteiger partial charge in [0.15, 0.2) is 5.96 Å². The lowest BCUT2D eigenvalue weighted by Gasteiger charge is -2.17. The Morgan fingerprint density at radius 3 is 2.77 bits per heavy atom. The number of aryl methyl sites for hydroxylation is 2. The van der Waals surface area contributed by atoms with Crippen molar-refractivity contribution in [3.63, 3.8) is 0 Å². The van der Waals surface area contributed by atoms with Crippen molar-refractivity contribution in [3.8, 4) is 5.75 Å². The van der Waals surface area contributed by atoms with Crippen molar-refractivity contribution >= 4 is 5.96 Å². The number of aliphatic hydroxyl groups excluding tert-OH is 1. The molecule has 31 heavy (non-hydrogen) atoms. The van der Waals surface area contributed by atoms with E-state index >= 15 is 0 Å². The Balaban J connectivity index is 1.62. The minimum absolute atomic E-state index is 0.180. The zero-order valence-corrected chi connectivity index (χ0v) is 18.9. The number of aliphatic hydroxyl groups is 1. The van der Waals surface area contributed by atoms with Gasteiger partial charge in [0.2, 0.25) is 0 Å². The maximum atomic E-state index is 10.5. The van der Waals surface area contributed by atoms with Crippen LogP contribution in [0, 0.1) is 13.8 Å². The van der Waals surface area contributed by atoms with Crippen LogP contribution in [-0.2, 0) is 11.3 Å². The van der Waals surface area contributed by atoms with Crippen molar-refractivity contribution in [2.24, 2.45) is 4.99 Å². The van der Waals surface area contributed by atoms with E-state index in [2.05, 4.69) is 35.8 Å². The molecule has 0 bridgehead atoms. The third kappa shape index (κ3) is 7.26. The number of aliphatic imine (C=N–C) groups is 1. The summed E-state index contributed by atoms with van der Waals surface area (Å²) >= 11 is 0. The maximum absolute atomic E-state index is 10.5. The van der Waals surface area contributed by atoms with Crippen LogP contribution in [0.2, 0.25) is 0 Å². The Bertz CT molecular complexity index is 863. The third-order valence-electron chi connectivity index (χ3n) is 5.31. The molecule has 0 radical (unpaired) electrons. The average molecular weight is 426 g/mol. The van der Waals surface area contributed by atoms with E-state index in [1.54, 1.807) is 0 Å². The van der Waals surface area contributed by atoms with Crippen LogP contribution in [0.3, 0.4) is 0 Å². The lowest BCUT2D eigenvalue weighted by Crippen LogP contribution is -2.39. The van der Waals surface area contributed by atoms with Crippen LogP contribution < -0.4 is 15.4 Å². The van der Waals surface area contributed by atoms with Crippen molar-refractivity contribution in [1.29, 1.82) is 0 Å². The Hall–Kier alpha value is -2.57. The number of rotatable bonds is 9. The summed E-state index contributed by atoms with van der Waals surface area (Å²) in [6.45, 7) is 9.10. The van der Waals surface area contributed by atoms with Crippen LogP contribution in [0.5, 0.6) is 5.75 Å². The Morgan fingerprint density at radius 1 is 1.19 bits per heavy atom. The molecule has 1 fully saturated rings. The summed E-state index contributed by atoms with van der Waals surface area (Å²) in [4.78, 5) is 4.71. The highest BCUT2D eigenvalue weighted by Gasteiger charge is 2.17. The molecule has 2 aromatic carbocycles. The van der Waals surface area contributed by atoms with Gasteiger partial charge >= 0.3 is 0 Å². The Kier molecular flexibility index (Phi) is 8.74. The standard InChI is InChI=1S/C25H35N3O3/c1-4-26-25(28-16-23(29)20-8-5-7-18(2)13-20)27-15-21-11-10-19(3)14-24(21)31-17-22-9-6-12-30-22/h5,7-8,10-11,13-14,22-23,29H,4,6,9,12,15-17H2,1-3H3,(H2,26,27,28). The number of nitrogens with zero attached hydrogens (tertiary/aromatic N) is 1. The fourth-order valence-corrected chi connectivity index (χ4v) is 3.58. The number of hydrogen-bond acceptors (Lipinski definition) is 4. The van der Waals surface area contributed by atoms with Crippen molar-refractivity contribution in [2.45, 2.75) is 52.4 Å². The molecular weight excluding hydrogens is 390 g/mol. The molecule has 2 aromatic rings. The molecule has 2 atom stereocenters. The maximum Gasteiger partial charge on any atom is 0.191 e. The van der Waals surface area contributed by atoms with Gasteiger partial charge in [-0.05, 0) is 50.8 Å². The second kappa shape index (κ2) is 11.7. The molecule has 2 unspecified atom stereocenters. The molecule has 3 N–H and O–H groups in total. The molecule has 6 nitrogen and oxygen atoms in total. The van der Waals surface area contributed by atoms with Gasteiger partial charge < -0.3 is 25.2 Å².